The minimum atomic E-state index is -7.52. The van der Waals surface area contributed by atoms with Gasteiger partial charge in [0.25, 0.3) is 11.3 Å². The van der Waals surface area contributed by atoms with Gasteiger partial charge in [-0.1, -0.05) is 26.3 Å². The zero-order valence-electron chi connectivity index (χ0n) is 53.0. The fourth-order valence-corrected chi connectivity index (χ4v) is 9.83. The highest BCUT2D eigenvalue weighted by molar-refractivity contribution is 5.83. The second kappa shape index (κ2) is 29.8. The Labute approximate surface area is 587 Å². The molecule has 4 fully saturated rings. The van der Waals surface area contributed by atoms with E-state index in [0.717, 1.165) is 0 Å². The number of ether oxygens (including phenoxy) is 4. The van der Waals surface area contributed by atoms with Gasteiger partial charge < -0.3 is 49.6 Å². The van der Waals surface area contributed by atoms with E-state index in [1.165, 1.54) is 0 Å². The first-order chi connectivity index (χ1) is 49.1. The molecule has 6 N–H and O–H groups in total. The molecule has 0 amide bonds. The molecule has 4 aliphatic carbocycles. The summed E-state index contributed by atoms with van der Waals surface area (Å²) in [4.78, 5) is 43.8. The van der Waals surface area contributed by atoms with Gasteiger partial charge in [-0.3, -0.25) is 0 Å². The highest BCUT2D eigenvalue weighted by atomic mass is 19.4. The van der Waals surface area contributed by atoms with Gasteiger partial charge >= 0.3 is 142 Å². The lowest BCUT2D eigenvalue weighted by Crippen LogP contribution is -2.83. The Bertz CT molecular complexity index is 3050. The van der Waals surface area contributed by atoms with Crippen LogP contribution in [0.5, 0.6) is 0 Å². The standard InChI is InChI=1S/C13H9F13O2.C13H10F12O3.C13H11F11O4.C13H12F10O5/c1-2-6(27)28-9(18)3-7(16,4-14)10(19,20)8(17,5-15)11(21,22)13(25,26)12(9,23)24;1-2-6(26)28-9(18)3-7(16,4-14)10(19,20)8(17,5-15)11(21,22)13(25,27)12(9,23)24;1-2-6(25)28-9(17)3-7(16,4-14)10(18,19)8(26,5-15)11(20,21)13(24,27)12(9,22)23;1-2-6(24)28-9(16)3-7(25,4-14)10(17,18)8(26,5-15)11(19,20)13(23,27)12(9,21)22/h2H,1,3-5H2;2,27H,1,3-5H2;2,26-27H,1,3-5H2;2,25-27H,1,3-5H2. The third kappa shape index (κ3) is 13.3. The highest BCUT2D eigenvalue weighted by Gasteiger charge is 2.98. The van der Waals surface area contributed by atoms with Gasteiger partial charge in [-0.2, -0.15) is 145 Å². The van der Waals surface area contributed by atoms with Crippen LogP contribution >= 0.6 is 0 Å². The van der Waals surface area contributed by atoms with Crippen molar-refractivity contribution in [3.05, 3.63) is 50.6 Å². The summed E-state index contributed by atoms with van der Waals surface area (Å²) < 4.78 is 652. The van der Waals surface area contributed by atoms with Crippen molar-refractivity contribution >= 4 is 23.9 Å². The Morgan fingerprint density at radius 1 is 0.241 bits per heavy atom. The molecule has 15 unspecified atom stereocenters. The van der Waals surface area contributed by atoms with Gasteiger partial charge in [0.15, 0.2) is 5.60 Å². The van der Waals surface area contributed by atoms with Crippen molar-refractivity contribution in [3.63, 3.8) is 0 Å². The van der Waals surface area contributed by atoms with Gasteiger partial charge in [-0.25, -0.2) is 76.3 Å². The normalized spacial score (nSPS) is 41.3. The number of hydrogen-bond acceptors (Lipinski definition) is 14. The molecule has 0 heterocycles. The summed E-state index contributed by atoms with van der Waals surface area (Å²) in [6.45, 7) is -17.9. The second-order valence-electron chi connectivity index (χ2n) is 23.8. The van der Waals surface area contributed by atoms with E-state index in [4.69, 9.17) is 15.3 Å². The first-order valence-corrected chi connectivity index (χ1v) is 27.6. The van der Waals surface area contributed by atoms with E-state index in [1.54, 1.807) is 0 Å². The number of esters is 4. The fraction of sp³-hybridized carbons (Fsp3) is 0.769. The Morgan fingerprint density at radius 2 is 0.455 bits per heavy atom. The molecule has 60 heteroatoms. The maximum Gasteiger partial charge on any atom is 0.384 e. The summed E-state index contributed by atoms with van der Waals surface area (Å²) in [5.41, 5.74) is -47.6. The smallest absolute Gasteiger partial charge is 0.384 e. The van der Waals surface area contributed by atoms with Crippen LogP contribution in [0.2, 0.25) is 0 Å². The number of carbonyl (C=O) groups is 4. The number of alkyl halides is 46. The van der Waals surface area contributed by atoms with Crippen molar-refractivity contribution in [1.29, 1.82) is 0 Å². The third-order valence-electron chi connectivity index (χ3n) is 16.9. The molecule has 15 atom stereocenters. The van der Waals surface area contributed by atoms with Gasteiger partial charge in [0, 0.05) is 24.3 Å². The maximum absolute atomic E-state index is 14.6. The Morgan fingerprint density at radius 3 is 0.679 bits per heavy atom. The van der Waals surface area contributed by atoms with Gasteiger partial charge in [0.05, 0.1) is 25.7 Å². The molecule has 14 nitrogen and oxygen atoms in total. The van der Waals surface area contributed by atoms with E-state index in [-0.39, 0.29) is 24.3 Å². The molecule has 112 heavy (non-hydrogen) atoms. The molecule has 4 aliphatic rings. The van der Waals surface area contributed by atoms with Gasteiger partial charge in [0.1, 0.15) is 53.4 Å². The SMILES string of the molecule is C=CC(=O)OC1(F)CC(F)(CF)C(F)(F)C(F)(CF)C(F)(F)C(F)(F)C1(F)F.C=CC(=O)OC1(F)CC(F)(CF)C(F)(F)C(F)(CF)C(F)(F)C(O)(F)C1(F)F.C=CC(=O)OC1(F)CC(F)(CF)C(F)(F)C(O)(CF)C(F)(F)C(O)(F)C1(F)F.C=CC(=O)OC1(F)CC(O)(CF)C(F)(F)C(O)(CF)C(F)(F)C(O)(F)C1(F)F. The molecule has 4 saturated carbocycles. The van der Waals surface area contributed by atoms with Gasteiger partial charge in [-0.15, -0.1) is 0 Å². The molecular weight excluding hydrogens is 1720 g/mol. The number of aliphatic hydroxyl groups is 6. The third-order valence-corrected chi connectivity index (χ3v) is 16.9. The Hall–Kier alpha value is -6.62. The largest absolute Gasteiger partial charge is 0.418 e. The molecule has 656 valence electrons. The monoisotopic (exact) mass is 1760 g/mol. The summed E-state index contributed by atoms with van der Waals surface area (Å²) in [7, 11) is 0. The van der Waals surface area contributed by atoms with Crippen LogP contribution in [0.4, 0.5) is 202 Å². The Balaban J connectivity index is 0.000000747. The van der Waals surface area contributed by atoms with E-state index in [1.807, 2.05) is 0 Å². The minimum absolute atomic E-state index is 0.129. The number of hydrogen-bond donors (Lipinski definition) is 6. The quantitative estimate of drug-likeness (QED) is 0.0366. The lowest BCUT2D eigenvalue weighted by Gasteiger charge is -2.54. The molecule has 0 radical (unpaired) electrons. The zero-order valence-corrected chi connectivity index (χ0v) is 53.0. The first kappa shape index (κ1) is 103. The maximum atomic E-state index is 14.6. The first-order valence-electron chi connectivity index (χ1n) is 27.6. The second-order valence-corrected chi connectivity index (χ2v) is 23.8. The number of carbonyl (C=O) groups excluding carboxylic acids is 4. The van der Waals surface area contributed by atoms with Crippen molar-refractivity contribution in [1.82, 2.24) is 0 Å². The van der Waals surface area contributed by atoms with Crippen LogP contribution in [0.15, 0.2) is 50.6 Å². The van der Waals surface area contributed by atoms with Crippen molar-refractivity contribution in [3.8, 4) is 0 Å². The molecule has 0 spiro atoms. The van der Waals surface area contributed by atoms with E-state index in [0.29, 0.717) is 0 Å². The average molecular weight is 1760 g/mol. The van der Waals surface area contributed by atoms with E-state index in [9.17, 15) is 236 Å². The lowest BCUT2D eigenvalue weighted by molar-refractivity contribution is -0.473. The van der Waals surface area contributed by atoms with Crippen molar-refractivity contribution in [2.45, 2.75) is 189 Å². The molecule has 4 rings (SSSR count). The Kier molecular flexibility index (Phi) is 27.5. The summed E-state index contributed by atoms with van der Waals surface area (Å²) >= 11 is 0. The van der Waals surface area contributed by atoms with E-state index in [2.05, 4.69) is 45.3 Å². The van der Waals surface area contributed by atoms with E-state index < -0.39 is 266 Å². The fourth-order valence-electron chi connectivity index (χ4n) is 9.83. The van der Waals surface area contributed by atoms with Gasteiger partial charge in [-0.05, 0) is 0 Å². The summed E-state index contributed by atoms with van der Waals surface area (Å²) in [6.07, 6.45) is -14.5. The highest BCUT2D eigenvalue weighted by Crippen LogP contribution is 2.70. The zero-order chi connectivity index (χ0) is 90.5. The molecule has 0 aromatic heterocycles. The van der Waals surface area contributed by atoms with E-state index >= 15 is 0 Å². The van der Waals surface area contributed by atoms with Crippen LogP contribution in [0.25, 0.3) is 0 Å². The number of halogens is 46. The number of rotatable bonds is 16. The predicted octanol–water partition coefficient (Wildman–Crippen LogP) is 12.9. The van der Waals surface area contributed by atoms with Gasteiger partial charge in [0.2, 0.25) is 28.2 Å². The van der Waals surface area contributed by atoms with Crippen LogP contribution in [0.1, 0.15) is 25.7 Å². The molecule has 0 aliphatic heterocycles. The molecule has 0 saturated heterocycles. The average Bonchev–Trinajstić information content (AvgIpc) is 0.698. The summed E-state index contributed by atoms with van der Waals surface area (Å²) in [5.74, 6) is -144. The van der Waals surface area contributed by atoms with Crippen molar-refractivity contribution in [2.24, 2.45) is 0 Å². The van der Waals surface area contributed by atoms with Crippen LogP contribution in [0.3, 0.4) is 0 Å². The minimum Gasteiger partial charge on any atom is -0.418 e. The molecule has 0 aromatic carbocycles. The van der Waals surface area contributed by atoms with Crippen molar-refractivity contribution in [2.75, 3.05) is 53.4 Å². The molecule has 0 bridgehead atoms. The summed E-state index contributed by atoms with van der Waals surface area (Å²) in [5, 5.41) is 54.7. The molecular formula is C52H42F46O14. The topological polar surface area (TPSA) is 227 Å². The molecule has 0 aromatic rings. The van der Waals surface area contributed by atoms with Crippen LogP contribution in [0, 0.1) is 0 Å². The van der Waals surface area contributed by atoms with Crippen LogP contribution < -0.4 is 0 Å². The lowest BCUT2D eigenvalue weighted by atomic mass is 9.69. The van der Waals surface area contributed by atoms with Crippen LogP contribution in [-0.4, -0.2) is 271 Å². The van der Waals surface area contributed by atoms with Crippen molar-refractivity contribution < 1.29 is 271 Å². The predicted molar refractivity (Wildman–Crippen MR) is 263 cm³/mol. The van der Waals surface area contributed by atoms with Crippen LogP contribution in [-0.2, 0) is 38.1 Å². The summed E-state index contributed by atoms with van der Waals surface area (Å²) in [6, 6.07) is 0.